The average molecular weight is 410 g/mol. The third-order valence-electron chi connectivity index (χ3n) is 3.45. The molecule has 19 heavy (non-hydrogen) atoms. The highest BCUT2D eigenvalue weighted by Gasteiger charge is 2.21. The van der Waals surface area contributed by atoms with Crippen LogP contribution in [0, 0.1) is 5.92 Å². The van der Waals surface area contributed by atoms with E-state index in [-0.39, 0.29) is 5.91 Å². The highest BCUT2D eigenvalue weighted by atomic mass is 79.9. The molecule has 0 aromatic heterocycles. The van der Waals surface area contributed by atoms with E-state index in [0.717, 1.165) is 17.4 Å². The Morgan fingerprint density at radius 3 is 2.89 bits per heavy atom. The maximum absolute atomic E-state index is 12.1. The number of carbonyl (C=O) groups excluding carboxylic acids is 1. The number of hydrogen-bond acceptors (Lipinski definition) is 1. The summed E-state index contributed by atoms with van der Waals surface area (Å²) in [5.41, 5.74) is 0.538. The van der Waals surface area contributed by atoms with Gasteiger partial charge in [0.2, 0.25) is 0 Å². The van der Waals surface area contributed by atoms with Gasteiger partial charge in [0, 0.05) is 15.8 Å². The van der Waals surface area contributed by atoms with Crippen LogP contribution in [0.2, 0.25) is 5.02 Å². The Bertz CT molecular complexity index is 467. The molecule has 0 saturated heterocycles. The Kier molecular flexibility index (Phi) is 5.72. The molecule has 0 bridgehead atoms. The van der Waals surface area contributed by atoms with E-state index in [1.165, 1.54) is 19.3 Å². The second-order valence-corrected chi connectivity index (χ2v) is 7.58. The van der Waals surface area contributed by atoms with Crippen molar-refractivity contribution in [3.05, 3.63) is 33.3 Å². The zero-order chi connectivity index (χ0) is 13.8. The third-order valence-corrected chi connectivity index (χ3v) is 5.08. The van der Waals surface area contributed by atoms with Crippen LogP contribution in [0.15, 0.2) is 22.7 Å². The molecule has 1 amide bonds. The lowest BCUT2D eigenvalue weighted by Gasteiger charge is -2.25. The summed E-state index contributed by atoms with van der Waals surface area (Å²) in [6, 6.07) is 5.32. The summed E-state index contributed by atoms with van der Waals surface area (Å²) in [5.74, 6) is 0.477. The fourth-order valence-corrected chi connectivity index (χ4v) is 4.03. The Balaban J connectivity index is 1.90. The summed E-state index contributed by atoms with van der Waals surface area (Å²) in [6.45, 7) is 0.729. The van der Waals surface area contributed by atoms with Gasteiger partial charge in [-0.3, -0.25) is 4.79 Å². The van der Waals surface area contributed by atoms with Crippen molar-refractivity contribution < 1.29 is 4.79 Å². The molecule has 1 N–H and O–H groups in total. The van der Waals surface area contributed by atoms with Crippen molar-refractivity contribution in [2.24, 2.45) is 5.92 Å². The van der Waals surface area contributed by atoms with Gasteiger partial charge in [0.1, 0.15) is 0 Å². The smallest absolute Gasteiger partial charge is 0.252 e. The van der Waals surface area contributed by atoms with E-state index in [1.807, 2.05) is 6.07 Å². The van der Waals surface area contributed by atoms with Crippen LogP contribution in [-0.4, -0.2) is 17.3 Å². The maximum atomic E-state index is 12.1. The summed E-state index contributed by atoms with van der Waals surface area (Å²) in [6.07, 6.45) is 4.79. The van der Waals surface area contributed by atoms with Crippen molar-refractivity contribution in [3.63, 3.8) is 0 Å². The fraction of sp³-hybridized carbons (Fsp3) is 0.500. The van der Waals surface area contributed by atoms with Crippen LogP contribution in [0.1, 0.15) is 36.0 Å². The Labute approximate surface area is 135 Å². The first-order valence-electron chi connectivity index (χ1n) is 6.43. The van der Waals surface area contributed by atoms with Crippen molar-refractivity contribution in [2.45, 2.75) is 30.5 Å². The van der Waals surface area contributed by atoms with E-state index in [4.69, 9.17) is 11.6 Å². The largest absolute Gasteiger partial charge is 0.352 e. The maximum Gasteiger partial charge on any atom is 0.252 e. The molecule has 5 heteroatoms. The van der Waals surface area contributed by atoms with E-state index in [9.17, 15) is 4.79 Å². The lowest BCUT2D eigenvalue weighted by Crippen LogP contribution is -2.32. The zero-order valence-electron chi connectivity index (χ0n) is 10.5. The molecule has 0 aliphatic heterocycles. The van der Waals surface area contributed by atoms with Gasteiger partial charge in [-0.25, -0.2) is 0 Å². The summed E-state index contributed by atoms with van der Waals surface area (Å²) >= 11 is 13.1. The van der Waals surface area contributed by atoms with Crippen LogP contribution < -0.4 is 5.32 Å². The molecular formula is C14H16Br2ClNO. The number of carbonyl (C=O) groups is 1. The molecule has 2 rings (SSSR count). The lowest BCUT2D eigenvalue weighted by molar-refractivity contribution is 0.0944. The van der Waals surface area contributed by atoms with Gasteiger partial charge in [-0.2, -0.15) is 0 Å². The molecule has 0 radical (unpaired) electrons. The van der Waals surface area contributed by atoms with Crippen LogP contribution >= 0.6 is 43.5 Å². The molecule has 2 atom stereocenters. The average Bonchev–Trinajstić information content (AvgIpc) is 2.36. The second-order valence-electron chi connectivity index (χ2n) is 4.96. The molecule has 2 unspecified atom stereocenters. The van der Waals surface area contributed by atoms with Crippen LogP contribution in [-0.2, 0) is 0 Å². The quantitative estimate of drug-likeness (QED) is 0.715. The van der Waals surface area contributed by atoms with Crippen LogP contribution in [0.4, 0.5) is 0 Å². The summed E-state index contributed by atoms with van der Waals surface area (Å²) in [4.78, 5) is 12.7. The molecule has 1 aromatic rings. The number of nitrogens with one attached hydrogen (secondary N) is 1. The molecule has 104 valence electrons. The molecule has 2 nitrogen and oxygen atoms in total. The molecular weight excluding hydrogens is 393 g/mol. The summed E-state index contributed by atoms with van der Waals surface area (Å²) in [5, 5.41) is 3.47. The molecule has 1 aliphatic rings. The minimum Gasteiger partial charge on any atom is -0.352 e. The highest BCUT2D eigenvalue weighted by molar-refractivity contribution is 9.10. The molecule has 1 saturated carbocycles. The SMILES string of the molecule is O=C(NCC1CCCC(Br)C1)c1ccc(Br)cc1Cl. The molecule has 1 aromatic carbocycles. The summed E-state index contributed by atoms with van der Waals surface area (Å²) in [7, 11) is 0. The Morgan fingerprint density at radius 1 is 1.42 bits per heavy atom. The normalized spacial score (nSPS) is 23.1. The number of benzene rings is 1. The van der Waals surface area contributed by atoms with E-state index < -0.39 is 0 Å². The minimum atomic E-state index is -0.0887. The minimum absolute atomic E-state index is 0.0887. The summed E-state index contributed by atoms with van der Waals surface area (Å²) < 4.78 is 0.878. The molecule has 0 heterocycles. The van der Waals surface area contributed by atoms with Crippen molar-refractivity contribution >= 4 is 49.4 Å². The van der Waals surface area contributed by atoms with E-state index in [1.54, 1.807) is 12.1 Å². The van der Waals surface area contributed by atoms with Gasteiger partial charge >= 0.3 is 0 Å². The van der Waals surface area contributed by atoms with Gasteiger partial charge < -0.3 is 5.32 Å². The van der Waals surface area contributed by atoms with Crippen molar-refractivity contribution in [1.29, 1.82) is 0 Å². The lowest BCUT2D eigenvalue weighted by atomic mass is 9.89. The number of rotatable bonds is 3. The van der Waals surface area contributed by atoms with E-state index in [0.29, 0.717) is 21.3 Å². The van der Waals surface area contributed by atoms with Crippen molar-refractivity contribution in [1.82, 2.24) is 5.32 Å². The second kappa shape index (κ2) is 7.09. The van der Waals surface area contributed by atoms with Gasteiger partial charge in [-0.1, -0.05) is 49.9 Å². The Morgan fingerprint density at radius 2 is 2.21 bits per heavy atom. The van der Waals surface area contributed by atoms with Crippen LogP contribution in [0.3, 0.4) is 0 Å². The van der Waals surface area contributed by atoms with Gasteiger partial charge in [0.25, 0.3) is 5.91 Å². The fourth-order valence-electron chi connectivity index (χ4n) is 2.42. The first-order chi connectivity index (χ1) is 9.06. The van der Waals surface area contributed by atoms with Gasteiger partial charge in [0.05, 0.1) is 10.6 Å². The number of halogens is 3. The Hall–Kier alpha value is -0.0600. The van der Waals surface area contributed by atoms with Crippen molar-refractivity contribution in [2.75, 3.05) is 6.54 Å². The topological polar surface area (TPSA) is 29.1 Å². The first-order valence-corrected chi connectivity index (χ1v) is 8.52. The van der Waals surface area contributed by atoms with E-state index in [2.05, 4.69) is 37.2 Å². The first kappa shape index (κ1) is 15.3. The van der Waals surface area contributed by atoms with Gasteiger partial charge in [0.15, 0.2) is 0 Å². The molecule has 1 aliphatic carbocycles. The van der Waals surface area contributed by atoms with Crippen LogP contribution in [0.25, 0.3) is 0 Å². The third kappa shape index (κ3) is 4.47. The van der Waals surface area contributed by atoms with Crippen LogP contribution in [0.5, 0.6) is 0 Å². The predicted octanol–water partition coefficient (Wildman–Crippen LogP) is 4.79. The number of amides is 1. The highest BCUT2D eigenvalue weighted by Crippen LogP contribution is 2.28. The zero-order valence-corrected chi connectivity index (χ0v) is 14.4. The molecule has 1 fully saturated rings. The van der Waals surface area contributed by atoms with E-state index >= 15 is 0 Å². The molecule has 0 spiro atoms. The number of alkyl halides is 1. The van der Waals surface area contributed by atoms with Crippen molar-refractivity contribution in [3.8, 4) is 0 Å². The number of hydrogen-bond donors (Lipinski definition) is 1. The van der Waals surface area contributed by atoms with Gasteiger partial charge in [-0.05, 0) is 43.4 Å². The van der Waals surface area contributed by atoms with Gasteiger partial charge in [-0.15, -0.1) is 0 Å². The standard InChI is InChI=1S/C14H16Br2ClNO/c15-10-3-1-2-9(6-10)8-18-14(19)12-5-4-11(16)7-13(12)17/h4-5,7,9-10H,1-3,6,8H2,(H,18,19). The predicted molar refractivity (Wildman–Crippen MR) is 86.2 cm³/mol. The monoisotopic (exact) mass is 407 g/mol.